The van der Waals surface area contributed by atoms with E-state index in [0.29, 0.717) is 23.5 Å². The number of hydrogen-bond acceptors (Lipinski definition) is 5. The monoisotopic (exact) mass is 426 g/mol. The lowest BCUT2D eigenvalue weighted by molar-refractivity contribution is -0.121. The van der Waals surface area contributed by atoms with Gasteiger partial charge in [-0.3, -0.25) is 14.4 Å². The van der Waals surface area contributed by atoms with Crippen molar-refractivity contribution in [2.45, 2.75) is 46.2 Å². The highest BCUT2D eigenvalue weighted by Crippen LogP contribution is 2.28. The van der Waals surface area contributed by atoms with Gasteiger partial charge in [0.05, 0.1) is 19.2 Å². The summed E-state index contributed by atoms with van der Waals surface area (Å²) in [5, 5.41) is 11.5. The molecule has 0 unspecified atom stereocenters. The quantitative estimate of drug-likeness (QED) is 0.493. The van der Waals surface area contributed by atoms with E-state index in [2.05, 4.69) is 21.3 Å². The third-order valence-electron chi connectivity index (χ3n) is 4.32. The second-order valence-electron chi connectivity index (χ2n) is 7.55. The summed E-state index contributed by atoms with van der Waals surface area (Å²) in [6, 6.07) is 11.9. The zero-order valence-electron chi connectivity index (χ0n) is 18.5. The normalized spacial score (nSPS) is 11.4. The fourth-order valence-electron chi connectivity index (χ4n) is 2.92. The van der Waals surface area contributed by atoms with Gasteiger partial charge in [-0.1, -0.05) is 12.1 Å². The van der Waals surface area contributed by atoms with Crippen LogP contribution in [0.3, 0.4) is 0 Å². The van der Waals surface area contributed by atoms with Crippen molar-refractivity contribution in [3.05, 3.63) is 48.0 Å². The fraction of sp³-hybridized carbons (Fsp3) is 0.348. The Labute approximate surface area is 182 Å². The van der Waals surface area contributed by atoms with Crippen LogP contribution in [0.4, 0.5) is 17.1 Å². The van der Waals surface area contributed by atoms with Crippen LogP contribution in [0.2, 0.25) is 0 Å². The molecule has 0 bridgehead atoms. The van der Waals surface area contributed by atoms with Gasteiger partial charge in [0.15, 0.2) is 0 Å². The van der Waals surface area contributed by atoms with E-state index in [1.165, 1.54) is 14.0 Å². The van der Waals surface area contributed by atoms with E-state index in [-0.39, 0.29) is 23.8 Å². The molecular formula is C23H30N4O4. The van der Waals surface area contributed by atoms with Gasteiger partial charge in [0.1, 0.15) is 11.8 Å². The molecule has 1 atom stereocenters. The predicted octanol–water partition coefficient (Wildman–Crippen LogP) is 3.16. The second kappa shape index (κ2) is 11.0. The van der Waals surface area contributed by atoms with Crippen molar-refractivity contribution in [2.24, 2.45) is 0 Å². The molecule has 0 aliphatic rings. The van der Waals surface area contributed by atoms with Gasteiger partial charge in [-0.2, -0.15) is 0 Å². The maximum Gasteiger partial charge on any atom is 0.246 e. The molecule has 166 valence electrons. The minimum absolute atomic E-state index is 0.0288. The molecule has 2 rings (SSSR count). The van der Waals surface area contributed by atoms with Crippen LogP contribution in [-0.4, -0.2) is 36.9 Å². The first-order valence-corrected chi connectivity index (χ1v) is 10.1. The molecule has 3 amide bonds. The summed E-state index contributed by atoms with van der Waals surface area (Å²) in [7, 11) is 1.51. The maximum absolute atomic E-state index is 12.7. The van der Waals surface area contributed by atoms with Crippen LogP contribution >= 0.6 is 0 Å². The Bertz CT molecular complexity index is 926. The molecule has 2 aromatic carbocycles. The van der Waals surface area contributed by atoms with Crippen molar-refractivity contribution in [1.82, 2.24) is 5.32 Å². The van der Waals surface area contributed by atoms with Crippen molar-refractivity contribution in [3.63, 3.8) is 0 Å². The van der Waals surface area contributed by atoms with E-state index in [4.69, 9.17) is 4.74 Å². The van der Waals surface area contributed by atoms with E-state index < -0.39 is 6.04 Å². The van der Waals surface area contributed by atoms with Crippen molar-refractivity contribution in [3.8, 4) is 5.75 Å². The summed E-state index contributed by atoms with van der Waals surface area (Å²) < 4.78 is 5.29. The van der Waals surface area contributed by atoms with Crippen LogP contribution in [0.1, 0.15) is 33.3 Å². The Balaban J connectivity index is 1.99. The van der Waals surface area contributed by atoms with Gasteiger partial charge in [0.2, 0.25) is 17.7 Å². The standard InChI is InChI=1S/C23H30N4O4/c1-14(2)24-22(29)12-17-6-8-18(9-7-17)25-15(3)23(30)27-20-13-19(26-16(4)28)10-11-21(20)31-5/h6-11,13-15,25H,12H2,1-5H3,(H,24,29)(H,26,28)(H,27,30)/t15-/m1/s1. The van der Waals surface area contributed by atoms with Crippen LogP contribution in [0.15, 0.2) is 42.5 Å². The average molecular weight is 427 g/mol. The van der Waals surface area contributed by atoms with E-state index in [9.17, 15) is 14.4 Å². The number of ether oxygens (including phenoxy) is 1. The second-order valence-corrected chi connectivity index (χ2v) is 7.55. The van der Waals surface area contributed by atoms with Gasteiger partial charge in [-0.05, 0) is 56.7 Å². The Morgan fingerprint density at radius 3 is 2.16 bits per heavy atom. The minimum Gasteiger partial charge on any atom is -0.495 e. The number of methoxy groups -OCH3 is 1. The van der Waals surface area contributed by atoms with Crippen LogP contribution in [0, 0.1) is 0 Å². The molecule has 0 aliphatic heterocycles. The summed E-state index contributed by atoms with van der Waals surface area (Å²) in [6.07, 6.45) is 0.304. The number of hydrogen-bond donors (Lipinski definition) is 4. The zero-order chi connectivity index (χ0) is 23.0. The summed E-state index contributed by atoms with van der Waals surface area (Å²) in [5.41, 5.74) is 2.66. The van der Waals surface area contributed by atoms with E-state index in [0.717, 1.165) is 11.3 Å². The van der Waals surface area contributed by atoms with Gasteiger partial charge >= 0.3 is 0 Å². The first-order chi connectivity index (χ1) is 14.7. The minimum atomic E-state index is -0.538. The third kappa shape index (κ3) is 7.65. The molecule has 0 aliphatic carbocycles. The molecular weight excluding hydrogens is 396 g/mol. The van der Waals surface area contributed by atoms with Gasteiger partial charge < -0.3 is 26.0 Å². The Morgan fingerprint density at radius 2 is 1.58 bits per heavy atom. The number of benzene rings is 2. The number of nitrogens with one attached hydrogen (secondary N) is 4. The molecule has 0 radical (unpaired) electrons. The molecule has 0 saturated heterocycles. The summed E-state index contributed by atoms with van der Waals surface area (Å²) in [6.45, 7) is 6.99. The first kappa shape index (κ1) is 23.7. The number of carbonyl (C=O) groups excluding carboxylic acids is 3. The lowest BCUT2D eigenvalue weighted by atomic mass is 10.1. The molecule has 2 aromatic rings. The zero-order valence-corrected chi connectivity index (χ0v) is 18.5. The van der Waals surface area contributed by atoms with Crippen molar-refractivity contribution < 1.29 is 19.1 Å². The largest absolute Gasteiger partial charge is 0.495 e. The SMILES string of the molecule is COc1ccc(NC(C)=O)cc1NC(=O)[C@@H](C)Nc1ccc(CC(=O)NC(C)C)cc1. The van der Waals surface area contributed by atoms with E-state index in [1.54, 1.807) is 25.1 Å². The van der Waals surface area contributed by atoms with Crippen LogP contribution < -0.4 is 26.0 Å². The summed E-state index contributed by atoms with van der Waals surface area (Å²) >= 11 is 0. The lowest BCUT2D eigenvalue weighted by Crippen LogP contribution is -2.32. The molecule has 4 N–H and O–H groups in total. The van der Waals surface area contributed by atoms with E-state index in [1.807, 2.05) is 38.1 Å². The van der Waals surface area contributed by atoms with Gasteiger partial charge in [0, 0.05) is 24.3 Å². The average Bonchev–Trinajstić information content (AvgIpc) is 2.68. The molecule has 8 heteroatoms. The predicted molar refractivity (Wildman–Crippen MR) is 122 cm³/mol. The summed E-state index contributed by atoms with van der Waals surface area (Å²) in [5.74, 6) is -0.0150. The highest BCUT2D eigenvalue weighted by molar-refractivity contribution is 5.98. The number of rotatable bonds is 9. The van der Waals surface area contributed by atoms with Gasteiger partial charge in [-0.25, -0.2) is 0 Å². The van der Waals surface area contributed by atoms with Crippen molar-refractivity contribution in [2.75, 3.05) is 23.1 Å². The lowest BCUT2D eigenvalue weighted by Gasteiger charge is -2.17. The topological polar surface area (TPSA) is 109 Å². The highest BCUT2D eigenvalue weighted by Gasteiger charge is 2.16. The first-order valence-electron chi connectivity index (χ1n) is 10.1. The summed E-state index contributed by atoms with van der Waals surface area (Å²) in [4.78, 5) is 35.8. The van der Waals surface area contributed by atoms with Gasteiger partial charge in [0.25, 0.3) is 0 Å². The van der Waals surface area contributed by atoms with Crippen LogP contribution in [0.25, 0.3) is 0 Å². The van der Waals surface area contributed by atoms with Gasteiger partial charge in [-0.15, -0.1) is 0 Å². The number of amides is 3. The molecule has 31 heavy (non-hydrogen) atoms. The molecule has 0 heterocycles. The fourth-order valence-corrected chi connectivity index (χ4v) is 2.92. The van der Waals surface area contributed by atoms with Crippen molar-refractivity contribution >= 4 is 34.8 Å². The highest BCUT2D eigenvalue weighted by atomic mass is 16.5. The Kier molecular flexibility index (Phi) is 8.43. The van der Waals surface area contributed by atoms with Crippen LogP contribution in [-0.2, 0) is 20.8 Å². The molecule has 8 nitrogen and oxygen atoms in total. The number of carbonyl (C=O) groups is 3. The maximum atomic E-state index is 12.7. The third-order valence-corrected chi connectivity index (χ3v) is 4.32. The number of anilines is 3. The molecule has 0 aromatic heterocycles. The smallest absolute Gasteiger partial charge is 0.246 e. The van der Waals surface area contributed by atoms with E-state index >= 15 is 0 Å². The Hall–Kier alpha value is -3.55. The Morgan fingerprint density at radius 1 is 0.935 bits per heavy atom. The molecule has 0 saturated carbocycles. The molecule has 0 fully saturated rings. The van der Waals surface area contributed by atoms with Crippen LogP contribution in [0.5, 0.6) is 5.75 Å². The molecule has 0 spiro atoms. The van der Waals surface area contributed by atoms with Crippen molar-refractivity contribution in [1.29, 1.82) is 0 Å².